The number of carbonyl (C=O) groups excluding carboxylic acids is 3. The van der Waals surface area contributed by atoms with E-state index in [1.165, 1.54) is 42.4 Å². The molecule has 0 saturated carbocycles. The van der Waals surface area contributed by atoms with Crippen molar-refractivity contribution < 1.29 is 42.2 Å². The predicted molar refractivity (Wildman–Crippen MR) is 135 cm³/mol. The Morgan fingerprint density at radius 2 is 2.08 bits per heavy atom. The van der Waals surface area contributed by atoms with Crippen molar-refractivity contribution in [3.05, 3.63) is 52.3 Å². The van der Waals surface area contributed by atoms with Gasteiger partial charge in [0.05, 0.1) is 17.1 Å². The molecule has 2 amide bonds. The maximum absolute atomic E-state index is 14.1. The maximum Gasteiger partial charge on any atom is 0.437 e. The molecule has 210 valence electrons. The van der Waals surface area contributed by atoms with Crippen LogP contribution in [0.25, 0.3) is 10.9 Å². The van der Waals surface area contributed by atoms with Crippen LogP contribution in [0.4, 0.5) is 18.3 Å². The number of hydrogen-bond donors (Lipinski definition) is 2. The Morgan fingerprint density at radius 1 is 1.35 bits per heavy atom. The van der Waals surface area contributed by atoms with Gasteiger partial charge < -0.3 is 25.8 Å². The Hall–Kier alpha value is -4.12. The van der Waals surface area contributed by atoms with Crippen LogP contribution in [0.15, 0.2) is 46.1 Å². The average Bonchev–Trinajstić information content (AvgIpc) is 3.45. The minimum Gasteiger partial charge on any atom is -0.543 e. The molecule has 2 aromatic heterocycles. The van der Waals surface area contributed by atoms with E-state index in [1.807, 2.05) is 0 Å². The highest BCUT2D eigenvalue weighted by molar-refractivity contribution is 8.00. The summed E-state index contributed by atoms with van der Waals surface area (Å²) in [6, 6.07) is 4.80. The number of nitrogen functional groups attached to an aromatic ring is 1. The SMILES string of the molecule is CO/N=C(\C(=O)N[C@@H]1C(=O)N2C(C(=O)[O-])=C(Cn3c(C(F)(F)F)c4ccccc4[n+]3C)CS[C@H]12)c1csc(N)n1. The number of anilines is 1. The number of halogens is 3. The molecule has 12 nitrogen and oxygen atoms in total. The number of benzene rings is 1. The van der Waals surface area contributed by atoms with Crippen molar-refractivity contribution in [1.29, 1.82) is 0 Å². The zero-order chi connectivity index (χ0) is 28.9. The molecule has 5 rings (SSSR count). The summed E-state index contributed by atoms with van der Waals surface area (Å²) in [5.74, 6) is -3.32. The van der Waals surface area contributed by atoms with Crippen molar-refractivity contribution in [3.8, 4) is 0 Å². The van der Waals surface area contributed by atoms with Gasteiger partial charge in [0, 0.05) is 17.2 Å². The van der Waals surface area contributed by atoms with Crippen LogP contribution in [0.3, 0.4) is 0 Å². The van der Waals surface area contributed by atoms with Gasteiger partial charge in [-0.2, -0.15) is 13.2 Å². The second-order valence-electron chi connectivity index (χ2n) is 8.74. The van der Waals surface area contributed by atoms with Crippen molar-refractivity contribution in [1.82, 2.24) is 19.9 Å². The molecule has 0 radical (unpaired) electrons. The van der Waals surface area contributed by atoms with Gasteiger partial charge in [-0.05, 0) is 11.6 Å². The number of thiazole rings is 1. The number of amides is 2. The highest BCUT2D eigenvalue weighted by atomic mass is 32.2. The number of oxime groups is 1. The number of hydrogen-bond acceptors (Lipinski definition) is 10. The number of fused-ring (bicyclic) bond motifs is 2. The number of aliphatic carboxylic acids is 1. The van der Waals surface area contributed by atoms with Crippen molar-refractivity contribution in [2.75, 3.05) is 18.6 Å². The first-order chi connectivity index (χ1) is 18.9. The normalized spacial score (nSPS) is 19.5. The molecule has 17 heteroatoms. The molecule has 2 aliphatic heterocycles. The minimum absolute atomic E-state index is 0.0302. The van der Waals surface area contributed by atoms with Gasteiger partial charge in [0.25, 0.3) is 11.8 Å². The van der Waals surface area contributed by atoms with E-state index in [-0.39, 0.29) is 33.2 Å². The lowest BCUT2D eigenvalue weighted by molar-refractivity contribution is -0.731. The van der Waals surface area contributed by atoms with Crippen molar-refractivity contribution in [2.45, 2.75) is 24.1 Å². The monoisotopic (exact) mass is 595 g/mol. The molecule has 1 aromatic carbocycles. The summed E-state index contributed by atoms with van der Waals surface area (Å²) in [6.07, 6.45) is -4.74. The van der Waals surface area contributed by atoms with E-state index < -0.39 is 53.3 Å². The van der Waals surface area contributed by atoms with Gasteiger partial charge in [-0.3, -0.25) is 14.5 Å². The Kier molecular flexibility index (Phi) is 6.95. The number of rotatable bonds is 7. The van der Waals surface area contributed by atoms with E-state index in [4.69, 9.17) is 10.6 Å². The van der Waals surface area contributed by atoms with Crippen LogP contribution in [0, 0.1) is 0 Å². The average molecular weight is 596 g/mol. The number of aromatic nitrogens is 3. The standard InChI is InChI=1S/C23H20F3N7O5S2/c1-31-13-6-4-3-5-11(13)17(23(24,25)26)32(31)7-10-8-39-20-15(19(35)33(20)16(10)21(36)37)29-18(34)14(30-38-2)12-9-40-22(27)28-12/h3-6,9,15,20H,7-8H2,1-2H3,(H3-,27,28,29,34,36,37)/b30-14-/t15-,20-/m1/s1. The number of aryl methyl sites for hydroxylation is 1. The van der Waals surface area contributed by atoms with Crippen LogP contribution < -0.4 is 20.8 Å². The number of carbonyl (C=O) groups is 3. The molecule has 1 fully saturated rings. The zero-order valence-corrected chi connectivity index (χ0v) is 22.4. The van der Waals surface area contributed by atoms with Gasteiger partial charge in [-0.15, -0.1) is 32.5 Å². The minimum atomic E-state index is -4.74. The van der Waals surface area contributed by atoms with Crippen molar-refractivity contribution >= 4 is 62.6 Å². The second-order valence-corrected chi connectivity index (χ2v) is 10.7. The Bertz CT molecular complexity index is 1610. The van der Waals surface area contributed by atoms with Gasteiger partial charge in [-0.1, -0.05) is 17.3 Å². The number of nitrogens with one attached hydrogen (secondary N) is 1. The highest BCUT2D eigenvalue weighted by Gasteiger charge is 2.53. The quantitative estimate of drug-likeness (QED) is 0.167. The van der Waals surface area contributed by atoms with Crippen LogP contribution in [-0.4, -0.2) is 62.3 Å². The molecule has 40 heavy (non-hydrogen) atoms. The predicted octanol–water partition coefficient (Wildman–Crippen LogP) is -0.0221. The fourth-order valence-corrected chi connectivity index (χ4v) is 6.62. The van der Waals surface area contributed by atoms with E-state index in [0.29, 0.717) is 5.52 Å². The molecule has 2 aliphatic rings. The number of carboxylic acid groups (broad SMARTS) is 1. The third-order valence-corrected chi connectivity index (χ3v) is 8.44. The molecule has 3 aromatic rings. The third kappa shape index (κ3) is 4.53. The second kappa shape index (κ2) is 10.1. The molecule has 3 N–H and O–H groups in total. The first kappa shape index (κ1) is 27.4. The van der Waals surface area contributed by atoms with E-state index in [1.54, 1.807) is 6.07 Å². The number of thioether (sulfide) groups is 1. The lowest BCUT2D eigenvalue weighted by Crippen LogP contribution is -2.71. The molecule has 0 spiro atoms. The van der Waals surface area contributed by atoms with Gasteiger partial charge in [0.2, 0.25) is 5.52 Å². The lowest BCUT2D eigenvalue weighted by Gasteiger charge is -2.50. The molecule has 0 aliphatic carbocycles. The number of nitrogens with two attached hydrogens (primary N) is 1. The number of β-lactam (4-membered cyclic amide) rings is 1. The molecule has 0 bridgehead atoms. The fraction of sp³-hybridized carbons (Fsp3) is 0.304. The summed E-state index contributed by atoms with van der Waals surface area (Å²) in [6.45, 7) is -0.459. The lowest BCUT2D eigenvalue weighted by atomic mass is 10.0. The molecule has 0 unspecified atom stereocenters. The first-order valence-corrected chi connectivity index (χ1v) is 13.4. The smallest absolute Gasteiger partial charge is 0.437 e. The molecule has 1 saturated heterocycles. The van der Waals surface area contributed by atoms with Gasteiger partial charge in [0.1, 0.15) is 30.8 Å². The van der Waals surface area contributed by atoms with Crippen LogP contribution in [0.2, 0.25) is 0 Å². The number of para-hydroxylation sites is 1. The van der Waals surface area contributed by atoms with Crippen LogP contribution in [0.1, 0.15) is 11.4 Å². The van der Waals surface area contributed by atoms with E-state index >= 15 is 0 Å². The summed E-state index contributed by atoms with van der Waals surface area (Å²) in [4.78, 5) is 47.8. The maximum atomic E-state index is 14.1. The first-order valence-electron chi connectivity index (χ1n) is 11.5. The van der Waals surface area contributed by atoms with E-state index in [0.717, 1.165) is 32.7 Å². The van der Waals surface area contributed by atoms with E-state index in [2.05, 4.69) is 15.5 Å². The van der Waals surface area contributed by atoms with E-state index in [9.17, 15) is 32.7 Å². The summed E-state index contributed by atoms with van der Waals surface area (Å²) < 4.78 is 44.6. The zero-order valence-electron chi connectivity index (χ0n) is 20.8. The topological polar surface area (TPSA) is 159 Å². The van der Waals surface area contributed by atoms with Crippen LogP contribution in [-0.2, 0) is 39.0 Å². The van der Waals surface area contributed by atoms with Gasteiger partial charge >= 0.3 is 6.18 Å². The molecular formula is C23H20F3N7O5S2. The third-order valence-electron chi connectivity index (χ3n) is 6.43. The van der Waals surface area contributed by atoms with Gasteiger partial charge in [-0.25, -0.2) is 4.98 Å². The summed E-state index contributed by atoms with van der Waals surface area (Å²) in [5.41, 5.74) is 4.37. The summed E-state index contributed by atoms with van der Waals surface area (Å²) in [5, 5.41) is 19.1. The molecule has 2 atom stereocenters. The highest BCUT2D eigenvalue weighted by Crippen LogP contribution is 2.41. The van der Waals surface area contributed by atoms with Crippen LogP contribution in [0.5, 0.6) is 0 Å². The van der Waals surface area contributed by atoms with Crippen molar-refractivity contribution in [2.24, 2.45) is 12.2 Å². The summed E-state index contributed by atoms with van der Waals surface area (Å²) in [7, 11) is 2.65. The van der Waals surface area contributed by atoms with Crippen LogP contribution >= 0.6 is 23.1 Å². The Balaban J connectivity index is 1.44. The summed E-state index contributed by atoms with van der Waals surface area (Å²) >= 11 is 2.16. The number of carboxylic acids is 1. The Labute approximate surface area is 231 Å². The fourth-order valence-electron chi connectivity index (χ4n) is 4.74. The largest absolute Gasteiger partial charge is 0.543 e. The Morgan fingerprint density at radius 3 is 2.70 bits per heavy atom. The molecule has 4 heterocycles. The number of alkyl halides is 3. The van der Waals surface area contributed by atoms with Crippen molar-refractivity contribution in [3.63, 3.8) is 0 Å². The van der Waals surface area contributed by atoms with Gasteiger partial charge in [0.15, 0.2) is 23.6 Å². The molecular weight excluding hydrogens is 575 g/mol. The number of nitrogens with zero attached hydrogens (tertiary/aromatic N) is 5.